The van der Waals surface area contributed by atoms with Crippen molar-refractivity contribution < 1.29 is 9.53 Å². The molecule has 0 spiro atoms. The monoisotopic (exact) mass is 326 g/mol. The van der Waals surface area contributed by atoms with Crippen LogP contribution < -0.4 is 15.8 Å². The Bertz CT molecular complexity index is 641. The molecule has 0 aliphatic rings. The van der Waals surface area contributed by atoms with Crippen molar-refractivity contribution in [1.82, 2.24) is 0 Å². The second kappa shape index (κ2) is 7.33. The number of hydrogen-bond donors (Lipinski definition) is 2. The van der Waals surface area contributed by atoms with Gasteiger partial charge in [-0.1, -0.05) is 6.92 Å². The molecule has 0 bridgehead atoms. The Morgan fingerprint density at radius 1 is 1.38 bits per heavy atom. The Morgan fingerprint density at radius 3 is 2.67 bits per heavy atom. The van der Waals surface area contributed by atoms with Gasteiger partial charge in [-0.3, -0.25) is 4.79 Å². The highest BCUT2D eigenvalue weighted by Gasteiger charge is 2.13. The van der Waals surface area contributed by atoms with Gasteiger partial charge in [0.05, 0.1) is 23.4 Å². The van der Waals surface area contributed by atoms with Gasteiger partial charge in [0.25, 0.3) is 5.91 Å². The summed E-state index contributed by atoms with van der Waals surface area (Å²) in [6.07, 6.45) is 0.936. The van der Waals surface area contributed by atoms with E-state index in [4.69, 9.17) is 10.5 Å². The number of rotatable bonds is 4. The lowest BCUT2D eigenvalue weighted by Crippen LogP contribution is -2.11. The largest absolute Gasteiger partial charge is 0.497 e. The minimum Gasteiger partial charge on any atom is -0.497 e. The van der Waals surface area contributed by atoms with E-state index in [0.29, 0.717) is 22.0 Å². The number of benzene rings is 1. The normalized spacial score (nSPS) is 9.86. The fourth-order valence-corrected chi connectivity index (χ4v) is 2.95. The van der Waals surface area contributed by atoms with E-state index in [9.17, 15) is 4.79 Å². The van der Waals surface area contributed by atoms with Crippen LogP contribution in [-0.2, 0) is 6.42 Å². The minimum atomic E-state index is -0.141. The number of ether oxygens (including phenoxy) is 1. The van der Waals surface area contributed by atoms with Crippen molar-refractivity contribution in [3.63, 3.8) is 0 Å². The maximum Gasteiger partial charge on any atom is 0.265 e. The van der Waals surface area contributed by atoms with Crippen LogP contribution in [0.2, 0.25) is 0 Å². The van der Waals surface area contributed by atoms with Crippen molar-refractivity contribution in [2.75, 3.05) is 18.2 Å². The zero-order valence-electron chi connectivity index (χ0n) is 12.2. The van der Waals surface area contributed by atoms with E-state index < -0.39 is 0 Å². The topological polar surface area (TPSA) is 64.3 Å². The first-order chi connectivity index (χ1) is 9.55. The highest BCUT2D eigenvalue weighted by molar-refractivity contribution is 7.14. The molecule has 21 heavy (non-hydrogen) atoms. The molecule has 1 heterocycles. The van der Waals surface area contributed by atoms with E-state index in [2.05, 4.69) is 12.2 Å². The van der Waals surface area contributed by atoms with Gasteiger partial charge in [0.2, 0.25) is 0 Å². The lowest BCUT2D eigenvalue weighted by Gasteiger charge is -2.09. The van der Waals surface area contributed by atoms with Crippen molar-refractivity contribution in [2.45, 2.75) is 20.3 Å². The molecule has 1 amide bonds. The van der Waals surface area contributed by atoms with E-state index in [1.165, 1.54) is 16.2 Å². The number of carbonyl (C=O) groups excluding carboxylic acids is 1. The molecule has 0 atom stereocenters. The molecular formula is C15H19ClN2O2S. The Hall–Kier alpha value is -1.72. The number of amides is 1. The molecule has 114 valence electrons. The Labute approximate surface area is 134 Å². The summed E-state index contributed by atoms with van der Waals surface area (Å²) in [6.45, 7) is 4.10. The van der Waals surface area contributed by atoms with E-state index in [1.54, 1.807) is 25.3 Å². The summed E-state index contributed by atoms with van der Waals surface area (Å²) >= 11 is 1.52. The Balaban J connectivity index is 0.00000220. The Kier molecular flexibility index (Phi) is 6.05. The number of aryl methyl sites for hydroxylation is 2. The van der Waals surface area contributed by atoms with Crippen LogP contribution in [-0.4, -0.2) is 13.0 Å². The van der Waals surface area contributed by atoms with Gasteiger partial charge in [0.15, 0.2) is 0 Å². The Morgan fingerprint density at radius 2 is 2.10 bits per heavy atom. The molecule has 0 aliphatic heterocycles. The third-order valence-electron chi connectivity index (χ3n) is 3.07. The van der Waals surface area contributed by atoms with E-state index in [-0.39, 0.29) is 18.3 Å². The van der Waals surface area contributed by atoms with Gasteiger partial charge < -0.3 is 15.8 Å². The molecule has 0 saturated carbocycles. The molecule has 1 aromatic carbocycles. The highest BCUT2D eigenvalue weighted by Crippen LogP contribution is 2.27. The van der Waals surface area contributed by atoms with Crippen molar-refractivity contribution >= 4 is 41.0 Å². The van der Waals surface area contributed by atoms with Crippen LogP contribution in [0, 0.1) is 6.92 Å². The lowest BCUT2D eigenvalue weighted by atomic mass is 10.2. The van der Waals surface area contributed by atoms with Gasteiger partial charge in [0, 0.05) is 10.9 Å². The second-order valence-corrected chi connectivity index (χ2v) is 5.61. The predicted molar refractivity (Wildman–Crippen MR) is 91.0 cm³/mol. The molecule has 6 heteroatoms. The number of methoxy groups -OCH3 is 1. The summed E-state index contributed by atoms with van der Waals surface area (Å²) in [5, 5.41) is 2.83. The molecule has 0 aliphatic carbocycles. The van der Waals surface area contributed by atoms with Crippen molar-refractivity contribution in [3.05, 3.63) is 39.6 Å². The minimum absolute atomic E-state index is 0. The quantitative estimate of drug-likeness (QED) is 0.838. The molecule has 4 nitrogen and oxygen atoms in total. The smallest absolute Gasteiger partial charge is 0.265 e. The van der Waals surface area contributed by atoms with Gasteiger partial charge in [-0.15, -0.1) is 23.7 Å². The first-order valence-corrected chi connectivity index (χ1v) is 7.21. The summed E-state index contributed by atoms with van der Waals surface area (Å²) in [4.78, 5) is 14.2. The molecular weight excluding hydrogens is 308 g/mol. The molecule has 3 N–H and O–H groups in total. The lowest BCUT2D eigenvalue weighted by molar-refractivity contribution is 0.103. The predicted octanol–water partition coefficient (Wildman–Crippen LogP) is 3.88. The number of halogens is 1. The van der Waals surface area contributed by atoms with Crippen LogP contribution in [0.5, 0.6) is 5.75 Å². The van der Waals surface area contributed by atoms with Crippen LogP contribution >= 0.6 is 23.7 Å². The van der Waals surface area contributed by atoms with Crippen molar-refractivity contribution in [1.29, 1.82) is 0 Å². The number of nitrogens with two attached hydrogens (primary N) is 1. The summed E-state index contributed by atoms with van der Waals surface area (Å²) in [6, 6.07) is 7.10. The average Bonchev–Trinajstić information content (AvgIpc) is 2.82. The van der Waals surface area contributed by atoms with Gasteiger partial charge in [0.1, 0.15) is 5.75 Å². The number of anilines is 2. The molecule has 0 unspecified atom stereocenters. The van der Waals surface area contributed by atoms with E-state index in [1.807, 2.05) is 13.0 Å². The number of hydrogen-bond acceptors (Lipinski definition) is 4. The summed E-state index contributed by atoms with van der Waals surface area (Å²) in [5.74, 6) is 0.517. The van der Waals surface area contributed by atoms with Crippen molar-refractivity contribution in [3.8, 4) is 5.75 Å². The van der Waals surface area contributed by atoms with E-state index in [0.717, 1.165) is 12.0 Å². The van der Waals surface area contributed by atoms with E-state index >= 15 is 0 Å². The standard InChI is InChI=1S/C15H18N2O2S.ClH/c1-4-13-9(2)7-14(20-13)15(18)17-12-8-10(19-3)5-6-11(12)16;/h5-8H,4,16H2,1-3H3,(H,17,18);1H. The molecule has 2 rings (SSSR count). The summed E-state index contributed by atoms with van der Waals surface area (Å²) in [7, 11) is 1.58. The van der Waals surface area contributed by atoms with Gasteiger partial charge >= 0.3 is 0 Å². The van der Waals surface area contributed by atoms with Gasteiger partial charge in [-0.2, -0.15) is 0 Å². The maximum absolute atomic E-state index is 12.3. The molecule has 0 radical (unpaired) electrons. The van der Waals surface area contributed by atoms with Crippen LogP contribution in [0.15, 0.2) is 24.3 Å². The third kappa shape index (κ3) is 3.89. The molecule has 0 saturated heterocycles. The second-order valence-electron chi connectivity index (χ2n) is 4.48. The molecule has 1 aromatic heterocycles. The zero-order chi connectivity index (χ0) is 14.7. The first kappa shape index (κ1) is 17.3. The van der Waals surface area contributed by atoms with Gasteiger partial charge in [-0.25, -0.2) is 0 Å². The van der Waals surface area contributed by atoms with Crippen molar-refractivity contribution in [2.24, 2.45) is 0 Å². The van der Waals surface area contributed by atoms with Crippen LogP contribution in [0.3, 0.4) is 0 Å². The van der Waals surface area contributed by atoms with Gasteiger partial charge in [-0.05, 0) is 37.1 Å². The highest BCUT2D eigenvalue weighted by atomic mass is 35.5. The third-order valence-corrected chi connectivity index (χ3v) is 4.45. The number of carbonyl (C=O) groups is 1. The van der Waals surface area contributed by atoms with Crippen LogP contribution in [0.4, 0.5) is 11.4 Å². The average molecular weight is 327 g/mol. The van der Waals surface area contributed by atoms with Crippen LogP contribution in [0.25, 0.3) is 0 Å². The fraction of sp³-hybridized carbons (Fsp3) is 0.267. The maximum atomic E-state index is 12.3. The SMILES string of the molecule is CCc1sc(C(=O)Nc2cc(OC)ccc2N)cc1C.Cl. The number of thiophene rings is 1. The first-order valence-electron chi connectivity index (χ1n) is 6.39. The molecule has 2 aromatic rings. The van der Waals surface area contributed by atoms with Crippen LogP contribution in [0.1, 0.15) is 27.0 Å². The number of nitrogen functional groups attached to an aromatic ring is 1. The molecule has 0 fully saturated rings. The fourth-order valence-electron chi connectivity index (χ4n) is 1.94. The number of nitrogens with one attached hydrogen (secondary N) is 1. The zero-order valence-corrected chi connectivity index (χ0v) is 13.9. The summed E-state index contributed by atoms with van der Waals surface area (Å²) in [5.41, 5.74) is 8.10. The summed E-state index contributed by atoms with van der Waals surface area (Å²) < 4.78 is 5.13.